The van der Waals surface area contributed by atoms with Crippen LogP contribution in [0.15, 0.2) is 22.7 Å². The van der Waals surface area contributed by atoms with Gasteiger partial charge < -0.3 is 9.84 Å². The quantitative estimate of drug-likeness (QED) is 0.691. The highest BCUT2D eigenvalue weighted by Gasteiger charge is 2.14. The predicted molar refractivity (Wildman–Crippen MR) is 95.0 cm³/mol. The molecule has 0 unspecified atom stereocenters. The molecule has 7 nitrogen and oxygen atoms in total. The van der Waals surface area contributed by atoms with Crippen LogP contribution in [0.1, 0.15) is 29.3 Å². The Bertz CT molecular complexity index is 854. The van der Waals surface area contributed by atoms with Crippen molar-refractivity contribution in [3.8, 4) is 23.0 Å². The normalized spacial score (nSPS) is 11.0. The predicted octanol–water partition coefficient (Wildman–Crippen LogP) is 2.67. The average molecular weight is 338 g/mol. The lowest BCUT2D eigenvalue weighted by Crippen LogP contribution is -2.10. The minimum Gasteiger partial charge on any atom is -0.332 e. The van der Waals surface area contributed by atoms with Crippen LogP contribution in [0.2, 0.25) is 0 Å². The molecule has 0 aromatic carbocycles. The summed E-state index contributed by atoms with van der Waals surface area (Å²) < 4.78 is 5.44. The molecule has 0 saturated carbocycles. The molecular formula is C18H22N6O. The highest BCUT2D eigenvalue weighted by molar-refractivity contribution is 5.58. The Morgan fingerprint density at radius 2 is 1.64 bits per heavy atom. The number of pyridine rings is 1. The molecular weight excluding hydrogens is 316 g/mol. The molecule has 0 atom stereocenters. The van der Waals surface area contributed by atoms with Crippen molar-refractivity contribution in [1.82, 2.24) is 30.4 Å². The molecule has 3 aromatic rings. The number of hydrogen-bond acceptors (Lipinski definition) is 7. The van der Waals surface area contributed by atoms with Crippen LogP contribution in [-0.2, 0) is 6.42 Å². The Labute approximate surface area is 146 Å². The maximum atomic E-state index is 5.44. The Hall–Kier alpha value is -2.67. The molecule has 3 rings (SSSR count). The summed E-state index contributed by atoms with van der Waals surface area (Å²) in [5.74, 6) is 1.74. The van der Waals surface area contributed by atoms with Crippen LogP contribution in [0.5, 0.6) is 0 Å². The molecule has 0 radical (unpaired) electrons. The third-order valence-corrected chi connectivity index (χ3v) is 3.71. The van der Waals surface area contributed by atoms with E-state index in [4.69, 9.17) is 4.52 Å². The summed E-state index contributed by atoms with van der Waals surface area (Å²) in [5, 5.41) is 7.22. The average Bonchev–Trinajstić information content (AvgIpc) is 3.04. The van der Waals surface area contributed by atoms with E-state index in [1.165, 1.54) is 0 Å². The number of nitrogens with zero attached hydrogens (tertiary/aromatic N) is 5. The highest BCUT2D eigenvalue weighted by Crippen LogP contribution is 2.22. The van der Waals surface area contributed by atoms with Gasteiger partial charge in [0, 0.05) is 29.1 Å². The van der Waals surface area contributed by atoms with Crippen molar-refractivity contribution in [2.75, 3.05) is 13.6 Å². The van der Waals surface area contributed by atoms with Gasteiger partial charge in [0.05, 0.1) is 0 Å². The summed E-state index contributed by atoms with van der Waals surface area (Å²) in [6.07, 6.45) is 1.78. The van der Waals surface area contributed by atoms with Gasteiger partial charge in [0.1, 0.15) is 11.5 Å². The molecule has 3 aromatic heterocycles. The van der Waals surface area contributed by atoms with E-state index in [0.717, 1.165) is 47.9 Å². The number of hydrogen-bond donors (Lipinski definition) is 1. The SMILES string of the molecule is CNCCCc1nc(C)cc(-c2nc(-c3cc(C)nc(C)c3)no2)n1. The van der Waals surface area contributed by atoms with Gasteiger partial charge in [-0.3, -0.25) is 4.98 Å². The third kappa shape index (κ3) is 4.24. The molecule has 7 heteroatoms. The zero-order valence-corrected chi connectivity index (χ0v) is 15.0. The van der Waals surface area contributed by atoms with E-state index in [2.05, 4.69) is 30.4 Å². The molecule has 3 heterocycles. The molecule has 1 N–H and O–H groups in total. The van der Waals surface area contributed by atoms with Gasteiger partial charge in [-0.05, 0) is 59.0 Å². The van der Waals surface area contributed by atoms with Crippen LogP contribution in [-0.4, -0.2) is 38.7 Å². The number of nitrogens with one attached hydrogen (secondary N) is 1. The van der Waals surface area contributed by atoms with Crippen molar-refractivity contribution in [1.29, 1.82) is 0 Å². The number of aryl methyl sites for hydroxylation is 4. The minimum absolute atomic E-state index is 0.405. The summed E-state index contributed by atoms with van der Waals surface area (Å²) in [6.45, 7) is 6.77. The molecule has 0 spiro atoms. The fourth-order valence-electron chi connectivity index (χ4n) is 2.68. The van der Waals surface area contributed by atoms with E-state index in [1.807, 2.05) is 46.0 Å². The van der Waals surface area contributed by atoms with Crippen molar-refractivity contribution in [3.05, 3.63) is 41.1 Å². The van der Waals surface area contributed by atoms with Gasteiger partial charge in [0.15, 0.2) is 0 Å². The van der Waals surface area contributed by atoms with Gasteiger partial charge in [-0.25, -0.2) is 9.97 Å². The minimum atomic E-state index is 0.405. The van der Waals surface area contributed by atoms with Crippen molar-refractivity contribution < 1.29 is 4.52 Å². The fourth-order valence-corrected chi connectivity index (χ4v) is 2.68. The standard InChI is InChI=1S/C18H22N6O/c1-11-8-14(9-12(2)20-11)17-23-18(25-24-17)15-10-13(3)21-16(22-15)6-5-7-19-4/h8-10,19H,5-7H2,1-4H3. The molecule has 0 fully saturated rings. The molecule has 0 saturated heterocycles. The van der Waals surface area contributed by atoms with Gasteiger partial charge in [-0.2, -0.15) is 4.98 Å². The van der Waals surface area contributed by atoms with Gasteiger partial charge in [-0.15, -0.1) is 0 Å². The van der Waals surface area contributed by atoms with E-state index in [9.17, 15) is 0 Å². The molecule has 0 aliphatic rings. The summed E-state index contributed by atoms with van der Waals surface area (Å²) >= 11 is 0. The maximum Gasteiger partial charge on any atom is 0.276 e. The fraction of sp³-hybridized carbons (Fsp3) is 0.389. The molecule has 0 aliphatic carbocycles. The zero-order valence-electron chi connectivity index (χ0n) is 15.0. The third-order valence-electron chi connectivity index (χ3n) is 3.71. The second kappa shape index (κ2) is 7.48. The van der Waals surface area contributed by atoms with Crippen molar-refractivity contribution in [3.63, 3.8) is 0 Å². The first-order valence-corrected chi connectivity index (χ1v) is 8.34. The van der Waals surface area contributed by atoms with Crippen molar-refractivity contribution in [2.45, 2.75) is 33.6 Å². The lowest BCUT2D eigenvalue weighted by molar-refractivity contribution is 0.430. The second-order valence-electron chi connectivity index (χ2n) is 6.08. The Kier molecular flexibility index (Phi) is 5.14. The lowest BCUT2D eigenvalue weighted by Gasteiger charge is -2.03. The lowest BCUT2D eigenvalue weighted by atomic mass is 10.2. The Morgan fingerprint density at radius 3 is 2.36 bits per heavy atom. The van der Waals surface area contributed by atoms with Gasteiger partial charge in [-0.1, -0.05) is 5.16 Å². The molecule has 0 aliphatic heterocycles. The summed E-state index contributed by atoms with van der Waals surface area (Å²) in [6, 6.07) is 5.74. The van der Waals surface area contributed by atoms with Crippen LogP contribution in [0.4, 0.5) is 0 Å². The van der Waals surface area contributed by atoms with Crippen LogP contribution < -0.4 is 5.32 Å². The second-order valence-corrected chi connectivity index (χ2v) is 6.08. The van der Waals surface area contributed by atoms with E-state index in [1.54, 1.807) is 0 Å². The van der Waals surface area contributed by atoms with Gasteiger partial charge in [0.2, 0.25) is 5.82 Å². The van der Waals surface area contributed by atoms with Crippen LogP contribution in [0, 0.1) is 20.8 Å². The Balaban J connectivity index is 1.89. The zero-order chi connectivity index (χ0) is 17.8. The van der Waals surface area contributed by atoms with Crippen molar-refractivity contribution in [2.24, 2.45) is 0 Å². The molecule has 130 valence electrons. The maximum absolute atomic E-state index is 5.44. The smallest absolute Gasteiger partial charge is 0.276 e. The number of aromatic nitrogens is 5. The van der Waals surface area contributed by atoms with E-state index < -0.39 is 0 Å². The summed E-state index contributed by atoms with van der Waals surface area (Å²) in [4.78, 5) is 17.9. The van der Waals surface area contributed by atoms with Gasteiger partial charge >= 0.3 is 0 Å². The van der Waals surface area contributed by atoms with E-state index in [-0.39, 0.29) is 0 Å². The molecule has 0 bridgehead atoms. The first kappa shape index (κ1) is 17.2. The first-order valence-electron chi connectivity index (χ1n) is 8.34. The monoisotopic (exact) mass is 338 g/mol. The van der Waals surface area contributed by atoms with Gasteiger partial charge in [0.25, 0.3) is 5.89 Å². The Morgan fingerprint density at radius 1 is 0.920 bits per heavy atom. The van der Waals surface area contributed by atoms with Crippen LogP contribution >= 0.6 is 0 Å². The van der Waals surface area contributed by atoms with E-state index in [0.29, 0.717) is 17.4 Å². The molecule has 25 heavy (non-hydrogen) atoms. The summed E-state index contributed by atoms with van der Waals surface area (Å²) in [7, 11) is 1.94. The highest BCUT2D eigenvalue weighted by atomic mass is 16.5. The first-order chi connectivity index (χ1) is 12.0. The van der Waals surface area contributed by atoms with Crippen molar-refractivity contribution >= 4 is 0 Å². The number of rotatable bonds is 6. The summed E-state index contributed by atoms with van der Waals surface area (Å²) in [5.41, 5.74) is 4.28. The largest absolute Gasteiger partial charge is 0.332 e. The van der Waals surface area contributed by atoms with Crippen LogP contribution in [0.3, 0.4) is 0 Å². The topological polar surface area (TPSA) is 89.6 Å². The van der Waals surface area contributed by atoms with Crippen LogP contribution in [0.25, 0.3) is 23.0 Å². The van der Waals surface area contributed by atoms with E-state index >= 15 is 0 Å². The molecule has 0 amide bonds.